The van der Waals surface area contributed by atoms with Gasteiger partial charge in [0.1, 0.15) is 5.82 Å². The molecule has 1 saturated heterocycles. The molecule has 0 unspecified atom stereocenters. The van der Waals surface area contributed by atoms with Crippen molar-refractivity contribution in [3.05, 3.63) is 51.8 Å². The normalized spacial score (nSPS) is 20.5. The molecule has 0 bridgehead atoms. The molecule has 130 valence electrons. The number of imidazole rings is 1. The topological polar surface area (TPSA) is 86.9 Å². The van der Waals surface area contributed by atoms with Crippen molar-refractivity contribution in [3.63, 3.8) is 0 Å². The summed E-state index contributed by atoms with van der Waals surface area (Å²) in [6, 6.07) is 7.35. The van der Waals surface area contributed by atoms with E-state index in [0.29, 0.717) is 23.4 Å². The summed E-state index contributed by atoms with van der Waals surface area (Å²) in [5.74, 6) is 1.44. The van der Waals surface area contributed by atoms with Crippen LogP contribution in [0.3, 0.4) is 0 Å². The van der Waals surface area contributed by atoms with E-state index in [1.54, 1.807) is 13.2 Å². The average molecular weight is 339 g/mol. The van der Waals surface area contributed by atoms with Crippen LogP contribution < -0.4 is 10.5 Å². The number of hydrogen-bond acceptors (Lipinski definition) is 5. The van der Waals surface area contributed by atoms with Gasteiger partial charge >= 0.3 is 0 Å². The number of fused-ring (bicyclic) bond motifs is 1. The number of nitrogens with zero attached hydrogens (tertiary/aromatic N) is 3. The van der Waals surface area contributed by atoms with Gasteiger partial charge in [0, 0.05) is 25.8 Å². The van der Waals surface area contributed by atoms with E-state index < -0.39 is 0 Å². The number of benzene rings is 1. The van der Waals surface area contributed by atoms with Crippen molar-refractivity contribution < 1.29 is 4.74 Å². The minimum atomic E-state index is -0.132. The fourth-order valence-corrected chi connectivity index (χ4v) is 3.40. The molecule has 2 aromatic heterocycles. The van der Waals surface area contributed by atoms with Gasteiger partial charge in [-0.25, -0.2) is 9.97 Å². The summed E-state index contributed by atoms with van der Waals surface area (Å²) in [5, 5.41) is 0.593. The van der Waals surface area contributed by atoms with Gasteiger partial charge in [0.2, 0.25) is 5.95 Å². The number of aromatic amines is 2. The first-order valence-corrected chi connectivity index (χ1v) is 8.38. The molecule has 25 heavy (non-hydrogen) atoms. The molecular formula is C18H21N5O2. The summed E-state index contributed by atoms with van der Waals surface area (Å²) >= 11 is 0. The molecule has 0 radical (unpaired) electrons. The van der Waals surface area contributed by atoms with Crippen molar-refractivity contribution in [3.8, 4) is 0 Å². The van der Waals surface area contributed by atoms with E-state index in [2.05, 4.69) is 24.8 Å². The van der Waals surface area contributed by atoms with E-state index in [0.717, 1.165) is 23.6 Å². The minimum absolute atomic E-state index is 0.0123. The minimum Gasteiger partial charge on any atom is -0.380 e. The van der Waals surface area contributed by atoms with Crippen LogP contribution in [0.1, 0.15) is 29.7 Å². The molecule has 0 aliphatic carbocycles. The van der Waals surface area contributed by atoms with Gasteiger partial charge in [-0.15, -0.1) is 0 Å². The Bertz CT molecular complexity index is 958. The first kappa shape index (κ1) is 15.8. The highest BCUT2D eigenvalue weighted by Crippen LogP contribution is 2.34. The highest BCUT2D eigenvalue weighted by molar-refractivity contribution is 5.78. The van der Waals surface area contributed by atoms with Crippen molar-refractivity contribution in [1.29, 1.82) is 0 Å². The lowest BCUT2D eigenvalue weighted by Crippen LogP contribution is -2.29. The Balaban J connectivity index is 1.79. The highest BCUT2D eigenvalue weighted by Gasteiger charge is 2.36. The number of aryl methyl sites for hydroxylation is 2. The van der Waals surface area contributed by atoms with Gasteiger partial charge in [-0.3, -0.25) is 9.78 Å². The first-order chi connectivity index (χ1) is 12.1. The molecule has 0 amide bonds. The molecule has 3 aromatic rings. The van der Waals surface area contributed by atoms with Gasteiger partial charge in [-0.05, 0) is 26.0 Å². The van der Waals surface area contributed by atoms with Crippen LogP contribution in [0.25, 0.3) is 10.9 Å². The Hall–Kier alpha value is -2.67. The van der Waals surface area contributed by atoms with Crippen LogP contribution in [0.5, 0.6) is 0 Å². The predicted octanol–water partition coefficient (Wildman–Crippen LogP) is 2.23. The maximum atomic E-state index is 12.4. The monoisotopic (exact) mass is 339 g/mol. The van der Waals surface area contributed by atoms with Crippen molar-refractivity contribution >= 4 is 16.9 Å². The lowest BCUT2D eigenvalue weighted by molar-refractivity contribution is 0.118. The number of hydrogen-bond donors (Lipinski definition) is 2. The molecule has 0 saturated carbocycles. The SMILES string of the molecule is CO[C@@H]1C[C@@H](c2nc(C)c(C)[nH]2)N(c2nc3ccccc3c(=O)[nH]2)C1. The van der Waals surface area contributed by atoms with Gasteiger partial charge in [-0.2, -0.15) is 0 Å². The third-order valence-corrected chi connectivity index (χ3v) is 4.93. The van der Waals surface area contributed by atoms with E-state index in [1.165, 1.54) is 0 Å². The molecule has 1 aliphatic heterocycles. The first-order valence-electron chi connectivity index (χ1n) is 8.38. The number of H-pyrrole nitrogens is 2. The summed E-state index contributed by atoms with van der Waals surface area (Å²) in [6.07, 6.45) is 0.854. The fraction of sp³-hybridized carbons (Fsp3) is 0.389. The number of nitrogens with one attached hydrogen (secondary N) is 2. The van der Waals surface area contributed by atoms with Gasteiger partial charge in [-0.1, -0.05) is 12.1 Å². The smallest absolute Gasteiger partial charge is 0.260 e. The van der Waals surface area contributed by atoms with Crippen LogP contribution in [0, 0.1) is 13.8 Å². The molecule has 0 spiro atoms. The summed E-state index contributed by atoms with van der Waals surface area (Å²) in [5.41, 5.74) is 2.59. The molecule has 4 rings (SSSR count). The van der Waals surface area contributed by atoms with Crippen LogP contribution in [-0.4, -0.2) is 39.7 Å². The number of aromatic nitrogens is 4. The van der Waals surface area contributed by atoms with E-state index in [9.17, 15) is 4.79 Å². The standard InChI is InChI=1S/C18H21N5O2/c1-10-11(2)20-16(19-10)15-8-12(25-3)9-23(15)18-21-14-7-5-4-6-13(14)17(24)22-18/h4-7,12,15H,8-9H2,1-3H3,(H,19,20)(H,21,22,24)/t12-,15+/m1/s1. The van der Waals surface area contributed by atoms with Crippen molar-refractivity contribution in [1.82, 2.24) is 19.9 Å². The molecule has 7 heteroatoms. The van der Waals surface area contributed by atoms with Crippen molar-refractivity contribution in [2.75, 3.05) is 18.6 Å². The predicted molar refractivity (Wildman–Crippen MR) is 95.9 cm³/mol. The number of rotatable bonds is 3. The second-order valence-electron chi connectivity index (χ2n) is 6.50. The molecule has 2 N–H and O–H groups in total. The second kappa shape index (κ2) is 6.00. The van der Waals surface area contributed by atoms with Crippen molar-refractivity contribution in [2.24, 2.45) is 0 Å². The fourth-order valence-electron chi connectivity index (χ4n) is 3.40. The summed E-state index contributed by atoms with van der Waals surface area (Å²) in [6.45, 7) is 4.65. The summed E-state index contributed by atoms with van der Waals surface area (Å²) in [7, 11) is 1.71. The average Bonchev–Trinajstić information content (AvgIpc) is 3.18. The Morgan fingerprint density at radius 3 is 2.72 bits per heavy atom. The molecule has 1 fully saturated rings. The van der Waals surface area contributed by atoms with Crippen LogP contribution >= 0.6 is 0 Å². The van der Waals surface area contributed by atoms with Gasteiger partial charge in [0.05, 0.1) is 28.7 Å². The maximum Gasteiger partial charge on any atom is 0.260 e. The number of anilines is 1. The molecule has 2 atom stereocenters. The zero-order valence-corrected chi connectivity index (χ0v) is 14.5. The molecular weight excluding hydrogens is 318 g/mol. The largest absolute Gasteiger partial charge is 0.380 e. The zero-order valence-electron chi connectivity index (χ0n) is 14.5. The third kappa shape index (κ3) is 2.70. The molecule has 7 nitrogen and oxygen atoms in total. The Morgan fingerprint density at radius 1 is 1.20 bits per heavy atom. The Kier molecular flexibility index (Phi) is 3.80. The maximum absolute atomic E-state index is 12.4. The molecule has 1 aromatic carbocycles. The highest BCUT2D eigenvalue weighted by atomic mass is 16.5. The van der Waals surface area contributed by atoms with E-state index in [4.69, 9.17) is 4.74 Å². The van der Waals surface area contributed by atoms with E-state index in [1.807, 2.05) is 32.0 Å². The van der Waals surface area contributed by atoms with Crippen LogP contribution in [-0.2, 0) is 4.74 Å². The van der Waals surface area contributed by atoms with Gasteiger partial charge in [0.25, 0.3) is 5.56 Å². The van der Waals surface area contributed by atoms with Gasteiger partial charge in [0.15, 0.2) is 0 Å². The summed E-state index contributed by atoms with van der Waals surface area (Å²) < 4.78 is 5.57. The van der Waals surface area contributed by atoms with Crippen LogP contribution in [0.15, 0.2) is 29.1 Å². The van der Waals surface area contributed by atoms with E-state index >= 15 is 0 Å². The van der Waals surface area contributed by atoms with E-state index in [-0.39, 0.29) is 17.7 Å². The van der Waals surface area contributed by atoms with Crippen LogP contribution in [0.2, 0.25) is 0 Å². The Labute approximate surface area is 145 Å². The van der Waals surface area contributed by atoms with Crippen molar-refractivity contribution in [2.45, 2.75) is 32.4 Å². The molecule has 1 aliphatic rings. The quantitative estimate of drug-likeness (QED) is 0.764. The lowest BCUT2D eigenvalue weighted by Gasteiger charge is -2.23. The van der Waals surface area contributed by atoms with Gasteiger partial charge < -0.3 is 14.6 Å². The third-order valence-electron chi connectivity index (χ3n) is 4.93. The zero-order chi connectivity index (χ0) is 17.6. The molecule has 3 heterocycles. The number of methoxy groups -OCH3 is 1. The Morgan fingerprint density at radius 2 is 2.00 bits per heavy atom. The number of para-hydroxylation sites is 1. The second-order valence-corrected chi connectivity index (χ2v) is 6.50. The number of ether oxygens (including phenoxy) is 1. The lowest BCUT2D eigenvalue weighted by atomic mass is 10.2. The summed E-state index contributed by atoms with van der Waals surface area (Å²) in [4.78, 5) is 30.1. The van der Waals surface area contributed by atoms with Crippen LogP contribution in [0.4, 0.5) is 5.95 Å².